The van der Waals surface area contributed by atoms with Gasteiger partial charge >= 0.3 is 0 Å². The molecule has 1 unspecified atom stereocenters. The van der Waals surface area contributed by atoms with Gasteiger partial charge in [-0.15, -0.1) is 0 Å². The third kappa shape index (κ3) is 2.69. The Balaban J connectivity index is 2.04. The molecule has 2 N–H and O–H groups in total. The number of hydrogen-bond acceptors (Lipinski definition) is 3. The Morgan fingerprint density at radius 2 is 2.24 bits per heavy atom. The monoisotopic (exact) mass is 230 g/mol. The van der Waals surface area contributed by atoms with Crippen molar-refractivity contribution in [3.05, 3.63) is 47.5 Å². The first-order chi connectivity index (χ1) is 8.16. The van der Waals surface area contributed by atoms with Crippen LogP contribution in [0.25, 0.3) is 0 Å². The van der Waals surface area contributed by atoms with Crippen LogP contribution >= 0.6 is 0 Å². The lowest BCUT2D eigenvalue weighted by Gasteiger charge is -2.11. The number of rotatable bonds is 3. The second kappa shape index (κ2) is 4.78. The molecule has 17 heavy (non-hydrogen) atoms. The summed E-state index contributed by atoms with van der Waals surface area (Å²) in [4.78, 5) is 16.0. The molecule has 0 aliphatic heterocycles. The molecule has 0 saturated heterocycles. The van der Waals surface area contributed by atoms with E-state index in [1.54, 1.807) is 24.7 Å². The highest BCUT2D eigenvalue weighted by Crippen LogP contribution is 2.10. The van der Waals surface area contributed by atoms with E-state index in [1.807, 2.05) is 19.9 Å². The highest BCUT2D eigenvalue weighted by atomic mass is 16.1. The smallest absolute Gasteiger partial charge is 0.253 e. The number of nitrogens with one attached hydrogen (secondary N) is 2. The van der Waals surface area contributed by atoms with E-state index in [0.29, 0.717) is 5.56 Å². The van der Waals surface area contributed by atoms with Crippen LogP contribution in [0.15, 0.2) is 30.7 Å². The van der Waals surface area contributed by atoms with Gasteiger partial charge in [-0.1, -0.05) is 0 Å². The quantitative estimate of drug-likeness (QED) is 0.841. The second-order valence-electron chi connectivity index (χ2n) is 3.92. The molecule has 5 nitrogen and oxygen atoms in total. The molecular weight excluding hydrogens is 216 g/mol. The molecular formula is C12H14N4O. The minimum absolute atomic E-state index is 0.0810. The minimum Gasteiger partial charge on any atom is -0.345 e. The maximum absolute atomic E-state index is 11.9. The first-order valence-corrected chi connectivity index (χ1v) is 5.39. The Bertz CT molecular complexity index is 490. The Morgan fingerprint density at radius 1 is 1.41 bits per heavy atom. The first kappa shape index (κ1) is 11.3. The number of amides is 1. The molecule has 0 aliphatic rings. The Morgan fingerprint density at radius 3 is 2.82 bits per heavy atom. The molecule has 2 rings (SSSR count). The summed E-state index contributed by atoms with van der Waals surface area (Å²) in [7, 11) is 0. The molecule has 0 radical (unpaired) electrons. The molecule has 0 fully saturated rings. The summed E-state index contributed by atoms with van der Waals surface area (Å²) in [6.45, 7) is 3.79. The van der Waals surface area contributed by atoms with E-state index >= 15 is 0 Å². The van der Waals surface area contributed by atoms with E-state index in [9.17, 15) is 4.79 Å². The van der Waals surface area contributed by atoms with Crippen LogP contribution in [0.3, 0.4) is 0 Å². The van der Waals surface area contributed by atoms with E-state index in [2.05, 4.69) is 20.5 Å². The van der Waals surface area contributed by atoms with Crippen molar-refractivity contribution in [2.24, 2.45) is 0 Å². The Labute approximate surface area is 99.3 Å². The normalized spacial score (nSPS) is 12.1. The molecule has 0 saturated carbocycles. The van der Waals surface area contributed by atoms with Crippen molar-refractivity contribution in [3.8, 4) is 0 Å². The number of aromatic amines is 1. The lowest BCUT2D eigenvalue weighted by atomic mass is 10.1. The van der Waals surface area contributed by atoms with Gasteiger partial charge in [0.25, 0.3) is 5.91 Å². The maximum Gasteiger partial charge on any atom is 0.253 e. The number of aryl methyl sites for hydroxylation is 1. The summed E-state index contributed by atoms with van der Waals surface area (Å²) in [5, 5.41) is 9.44. The molecule has 1 atom stereocenters. The van der Waals surface area contributed by atoms with E-state index in [-0.39, 0.29) is 11.9 Å². The number of carbonyl (C=O) groups is 1. The van der Waals surface area contributed by atoms with Gasteiger partial charge in [0.2, 0.25) is 0 Å². The zero-order valence-electron chi connectivity index (χ0n) is 9.77. The number of carbonyl (C=O) groups excluding carboxylic acids is 1. The van der Waals surface area contributed by atoms with Crippen molar-refractivity contribution < 1.29 is 4.79 Å². The van der Waals surface area contributed by atoms with Crippen LogP contribution in [-0.4, -0.2) is 21.1 Å². The predicted octanol–water partition coefficient (Wildman–Crippen LogP) is 1.60. The molecule has 0 aromatic carbocycles. The van der Waals surface area contributed by atoms with E-state index in [0.717, 1.165) is 11.3 Å². The third-order valence-electron chi connectivity index (χ3n) is 2.54. The fourth-order valence-electron chi connectivity index (χ4n) is 1.46. The van der Waals surface area contributed by atoms with Gasteiger partial charge in [-0.2, -0.15) is 5.10 Å². The van der Waals surface area contributed by atoms with Crippen LogP contribution in [-0.2, 0) is 0 Å². The number of H-pyrrole nitrogens is 1. The van der Waals surface area contributed by atoms with Crippen molar-refractivity contribution >= 4 is 5.91 Å². The third-order valence-corrected chi connectivity index (χ3v) is 2.54. The van der Waals surface area contributed by atoms with Gasteiger partial charge in [0, 0.05) is 23.7 Å². The zero-order chi connectivity index (χ0) is 12.3. The predicted molar refractivity (Wildman–Crippen MR) is 63.4 cm³/mol. The summed E-state index contributed by atoms with van der Waals surface area (Å²) in [5.74, 6) is -0.133. The Kier molecular flexibility index (Phi) is 3.18. The molecule has 5 heteroatoms. The van der Waals surface area contributed by atoms with Crippen molar-refractivity contribution in [2.45, 2.75) is 19.9 Å². The molecule has 88 valence electrons. The van der Waals surface area contributed by atoms with E-state index < -0.39 is 0 Å². The maximum atomic E-state index is 11.9. The molecule has 0 spiro atoms. The summed E-state index contributed by atoms with van der Waals surface area (Å²) in [6, 6.07) is 3.50. The lowest BCUT2D eigenvalue weighted by molar-refractivity contribution is 0.0939. The molecule has 2 aromatic heterocycles. The van der Waals surface area contributed by atoms with Gasteiger partial charge in [-0.05, 0) is 26.0 Å². The van der Waals surface area contributed by atoms with Gasteiger partial charge in [0.1, 0.15) is 0 Å². The zero-order valence-corrected chi connectivity index (χ0v) is 9.77. The molecule has 2 heterocycles. The SMILES string of the molecule is Cc1ccc(C(=O)NC(C)c2cn[nH]c2)cn1. The fraction of sp³-hybridized carbons (Fsp3) is 0.250. The minimum atomic E-state index is -0.133. The van der Waals surface area contributed by atoms with Gasteiger partial charge in [0.05, 0.1) is 17.8 Å². The van der Waals surface area contributed by atoms with Crippen LogP contribution in [0.2, 0.25) is 0 Å². The van der Waals surface area contributed by atoms with Crippen LogP contribution in [0.4, 0.5) is 0 Å². The van der Waals surface area contributed by atoms with Crippen molar-refractivity contribution in [1.29, 1.82) is 0 Å². The summed E-state index contributed by atoms with van der Waals surface area (Å²) >= 11 is 0. The first-order valence-electron chi connectivity index (χ1n) is 5.39. The van der Waals surface area contributed by atoms with Crippen LogP contribution in [0.5, 0.6) is 0 Å². The van der Waals surface area contributed by atoms with Gasteiger partial charge in [0.15, 0.2) is 0 Å². The van der Waals surface area contributed by atoms with E-state index in [1.165, 1.54) is 0 Å². The molecule has 1 amide bonds. The van der Waals surface area contributed by atoms with Gasteiger partial charge in [-0.25, -0.2) is 0 Å². The number of nitrogens with zero attached hydrogens (tertiary/aromatic N) is 2. The average molecular weight is 230 g/mol. The second-order valence-corrected chi connectivity index (χ2v) is 3.92. The van der Waals surface area contributed by atoms with Crippen LogP contribution in [0.1, 0.15) is 34.6 Å². The Hall–Kier alpha value is -2.17. The summed E-state index contributed by atoms with van der Waals surface area (Å²) < 4.78 is 0. The molecule has 2 aromatic rings. The summed E-state index contributed by atoms with van der Waals surface area (Å²) in [6.07, 6.45) is 5.03. The lowest BCUT2D eigenvalue weighted by Crippen LogP contribution is -2.26. The van der Waals surface area contributed by atoms with E-state index in [4.69, 9.17) is 0 Å². The molecule has 0 bridgehead atoms. The van der Waals surface area contributed by atoms with Crippen LogP contribution in [0, 0.1) is 6.92 Å². The number of aromatic nitrogens is 3. The standard InChI is InChI=1S/C12H14N4O/c1-8-3-4-10(5-13-8)12(17)16-9(2)11-6-14-15-7-11/h3-7,9H,1-2H3,(H,14,15)(H,16,17). The van der Waals surface area contributed by atoms with Crippen molar-refractivity contribution in [2.75, 3.05) is 0 Å². The van der Waals surface area contributed by atoms with Crippen molar-refractivity contribution in [3.63, 3.8) is 0 Å². The fourth-order valence-corrected chi connectivity index (χ4v) is 1.46. The largest absolute Gasteiger partial charge is 0.345 e. The average Bonchev–Trinajstić information content (AvgIpc) is 2.83. The topological polar surface area (TPSA) is 70.7 Å². The molecule has 0 aliphatic carbocycles. The highest BCUT2D eigenvalue weighted by Gasteiger charge is 2.11. The highest BCUT2D eigenvalue weighted by molar-refractivity contribution is 5.94. The van der Waals surface area contributed by atoms with Crippen LogP contribution < -0.4 is 5.32 Å². The van der Waals surface area contributed by atoms with Crippen molar-refractivity contribution in [1.82, 2.24) is 20.5 Å². The van der Waals surface area contributed by atoms with Gasteiger partial charge < -0.3 is 5.32 Å². The summed E-state index contributed by atoms with van der Waals surface area (Å²) in [5.41, 5.74) is 2.40. The number of pyridine rings is 1. The van der Waals surface area contributed by atoms with Gasteiger partial charge in [-0.3, -0.25) is 14.9 Å². The number of hydrogen-bond donors (Lipinski definition) is 2.